The van der Waals surface area contributed by atoms with E-state index in [1.54, 1.807) is 0 Å². The van der Waals surface area contributed by atoms with Gasteiger partial charge in [-0.1, -0.05) is 34.1 Å². The lowest BCUT2D eigenvalue weighted by Gasteiger charge is -2.10. The number of benzene rings is 2. The van der Waals surface area contributed by atoms with Crippen LogP contribution >= 0.6 is 15.9 Å². The van der Waals surface area contributed by atoms with E-state index in [0.717, 1.165) is 32.8 Å². The van der Waals surface area contributed by atoms with Crippen LogP contribution in [0.15, 0.2) is 59.1 Å². The first-order valence-electron chi connectivity index (χ1n) is 8.21. The highest BCUT2D eigenvalue weighted by Crippen LogP contribution is 2.19. The van der Waals surface area contributed by atoms with Gasteiger partial charge in [-0.15, -0.1) is 0 Å². The van der Waals surface area contributed by atoms with Gasteiger partial charge in [-0.25, -0.2) is 9.97 Å². The molecule has 0 atom stereocenters. The quantitative estimate of drug-likeness (QED) is 0.634. The number of rotatable bonds is 5. The van der Waals surface area contributed by atoms with E-state index in [4.69, 9.17) is 0 Å². The van der Waals surface area contributed by atoms with Gasteiger partial charge < -0.3 is 10.6 Å². The van der Waals surface area contributed by atoms with Crippen LogP contribution in [-0.4, -0.2) is 15.9 Å². The number of aryl methyl sites for hydroxylation is 2. The highest BCUT2D eigenvalue weighted by molar-refractivity contribution is 9.10. The molecule has 1 amide bonds. The maximum absolute atomic E-state index is 12.3. The van der Waals surface area contributed by atoms with Crippen LogP contribution in [0, 0.1) is 13.8 Å². The summed E-state index contributed by atoms with van der Waals surface area (Å²) in [7, 11) is 0. The molecule has 0 radical (unpaired) electrons. The van der Waals surface area contributed by atoms with Gasteiger partial charge in [0.2, 0.25) is 11.9 Å². The van der Waals surface area contributed by atoms with E-state index in [2.05, 4.69) is 36.5 Å². The molecule has 0 bridgehead atoms. The molecule has 5 nitrogen and oxygen atoms in total. The van der Waals surface area contributed by atoms with Gasteiger partial charge in [-0.3, -0.25) is 4.79 Å². The van der Waals surface area contributed by atoms with Gasteiger partial charge in [-0.05, 0) is 55.8 Å². The zero-order valence-corrected chi connectivity index (χ0v) is 16.2. The molecule has 3 aromatic rings. The van der Waals surface area contributed by atoms with Crippen molar-refractivity contribution < 1.29 is 4.79 Å². The van der Waals surface area contributed by atoms with E-state index in [1.807, 2.05) is 68.4 Å². The lowest BCUT2D eigenvalue weighted by Crippen LogP contribution is -2.14. The summed E-state index contributed by atoms with van der Waals surface area (Å²) in [5.74, 6) is 0.480. The van der Waals surface area contributed by atoms with Crippen molar-refractivity contribution in [2.24, 2.45) is 0 Å². The topological polar surface area (TPSA) is 66.9 Å². The van der Waals surface area contributed by atoms with Crippen LogP contribution in [-0.2, 0) is 11.2 Å². The third kappa shape index (κ3) is 5.13. The van der Waals surface area contributed by atoms with Crippen molar-refractivity contribution in [2.75, 3.05) is 10.6 Å². The van der Waals surface area contributed by atoms with Crippen LogP contribution in [0.2, 0.25) is 0 Å². The highest BCUT2D eigenvalue weighted by Gasteiger charge is 2.06. The fraction of sp³-hybridized carbons (Fsp3) is 0.150. The molecule has 0 saturated carbocycles. The van der Waals surface area contributed by atoms with E-state index >= 15 is 0 Å². The van der Waals surface area contributed by atoms with Gasteiger partial charge in [0.15, 0.2) is 0 Å². The summed E-state index contributed by atoms with van der Waals surface area (Å²) in [5.41, 5.74) is 4.31. The average Bonchev–Trinajstić information content (AvgIpc) is 2.56. The van der Waals surface area contributed by atoms with Gasteiger partial charge in [0.05, 0.1) is 6.42 Å². The van der Waals surface area contributed by atoms with Crippen molar-refractivity contribution in [3.63, 3.8) is 0 Å². The Morgan fingerprint density at radius 3 is 2.31 bits per heavy atom. The molecule has 132 valence electrons. The molecule has 26 heavy (non-hydrogen) atoms. The van der Waals surface area contributed by atoms with Crippen molar-refractivity contribution >= 4 is 39.2 Å². The van der Waals surface area contributed by atoms with Gasteiger partial charge in [0.25, 0.3) is 0 Å². The Kier molecular flexibility index (Phi) is 5.63. The normalized spacial score (nSPS) is 10.4. The van der Waals surface area contributed by atoms with Crippen molar-refractivity contribution in [3.8, 4) is 0 Å². The fourth-order valence-electron chi connectivity index (χ4n) is 2.58. The Labute approximate surface area is 161 Å². The number of anilines is 3. The predicted molar refractivity (Wildman–Crippen MR) is 108 cm³/mol. The third-order valence-electron chi connectivity index (χ3n) is 3.66. The number of hydrogen-bond acceptors (Lipinski definition) is 4. The van der Waals surface area contributed by atoms with E-state index in [9.17, 15) is 4.79 Å². The molecule has 1 aromatic heterocycles. The minimum atomic E-state index is -0.0628. The standard InChI is InChI=1S/C20H19BrN4O/c1-13-10-14(2)23-20(22-13)25-18-5-3-4-17(12-18)24-19(26)11-15-6-8-16(21)9-7-15/h3-10,12H,11H2,1-2H3,(H,24,26)(H,22,23,25). The van der Waals surface area contributed by atoms with E-state index < -0.39 is 0 Å². The second-order valence-corrected chi connectivity index (χ2v) is 6.95. The van der Waals surface area contributed by atoms with Crippen LogP contribution in [0.25, 0.3) is 0 Å². The fourth-order valence-corrected chi connectivity index (χ4v) is 2.84. The number of carbonyl (C=O) groups is 1. The molecule has 2 aromatic carbocycles. The van der Waals surface area contributed by atoms with Crippen molar-refractivity contribution in [1.82, 2.24) is 9.97 Å². The van der Waals surface area contributed by atoms with Crippen LogP contribution in [0.3, 0.4) is 0 Å². The molecule has 0 aliphatic rings. The molecule has 6 heteroatoms. The number of halogens is 1. The number of aromatic nitrogens is 2. The smallest absolute Gasteiger partial charge is 0.228 e. The molecule has 0 spiro atoms. The summed E-state index contributed by atoms with van der Waals surface area (Å²) in [6.07, 6.45) is 0.325. The molecule has 0 unspecified atom stereocenters. The lowest BCUT2D eigenvalue weighted by atomic mass is 10.1. The SMILES string of the molecule is Cc1cc(C)nc(Nc2cccc(NC(=O)Cc3ccc(Br)cc3)c2)n1. The van der Waals surface area contributed by atoms with Gasteiger partial charge in [0.1, 0.15) is 0 Å². The molecular weight excluding hydrogens is 392 g/mol. The Bertz CT molecular complexity index is 905. The van der Waals surface area contributed by atoms with Gasteiger partial charge in [-0.2, -0.15) is 0 Å². The van der Waals surface area contributed by atoms with E-state index in [1.165, 1.54) is 0 Å². The highest BCUT2D eigenvalue weighted by atomic mass is 79.9. The maximum Gasteiger partial charge on any atom is 0.228 e. The molecule has 0 aliphatic carbocycles. The van der Waals surface area contributed by atoms with Crippen molar-refractivity contribution in [1.29, 1.82) is 0 Å². The predicted octanol–water partition coefficient (Wildman–Crippen LogP) is 4.78. The number of carbonyl (C=O) groups excluding carboxylic acids is 1. The largest absolute Gasteiger partial charge is 0.326 e. The Morgan fingerprint density at radius 2 is 1.62 bits per heavy atom. The summed E-state index contributed by atoms with van der Waals surface area (Å²) >= 11 is 3.39. The van der Waals surface area contributed by atoms with Crippen molar-refractivity contribution in [2.45, 2.75) is 20.3 Å². The van der Waals surface area contributed by atoms with Crippen LogP contribution in [0.1, 0.15) is 17.0 Å². The first-order chi connectivity index (χ1) is 12.5. The van der Waals surface area contributed by atoms with Crippen LogP contribution in [0.5, 0.6) is 0 Å². The Morgan fingerprint density at radius 1 is 0.962 bits per heavy atom. The number of hydrogen-bond donors (Lipinski definition) is 2. The summed E-state index contributed by atoms with van der Waals surface area (Å²) in [5, 5.41) is 6.10. The van der Waals surface area contributed by atoms with E-state index in [-0.39, 0.29) is 5.91 Å². The Balaban J connectivity index is 1.66. The Hall–Kier alpha value is -2.73. The molecular formula is C20H19BrN4O. The number of nitrogens with zero attached hydrogens (tertiary/aromatic N) is 2. The monoisotopic (exact) mass is 410 g/mol. The van der Waals surface area contributed by atoms with Crippen LogP contribution < -0.4 is 10.6 Å². The number of nitrogens with one attached hydrogen (secondary N) is 2. The molecule has 3 rings (SSSR count). The van der Waals surface area contributed by atoms with Crippen LogP contribution in [0.4, 0.5) is 17.3 Å². The maximum atomic E-state index is 12.3. The molecule has 0 fully saturated rings. The molecule has 1 heterocycles. The minimum Gasteiger partial charge on any atom is -0.326 e. The molecule has 2 N–H and O–H groups in total. The summed E-state index contributed by atoms with van der Waals surface area (Å²) in [6.45, 7) is 3.86. The van der Waals surface area contributed by atoms with Crippen molar-refractivity contribution in [3.05, 3.63) is 76.0 Å². The summed E-state index contributed by atoms with van der Waals surface area (Å²) in [6, 6.07) is 17.1. The third-order valence-corrected chi connectivity index (χ3v) is 4.19. The van der Waals surface area contributed by atoms with Gasteiger partial charge in [0, 0.05) is 27.2 Å². The van der Waals surface area contributed by atoms with Gasteiger partial charge >= 0.3 is 0 Å². The first-order valence-corrected chi connectivity index (χ1v) is 9.01. The number of amides is 1. The summed E-state index contributed by atoms with van der Waals surface area (Å²) in [4.78, 5) is 21.0. The zero-order chi connectivity index (χ0) is 18.5. The average molecular weight is 411 g/mol. The first kappa shape index (κ1) is 18.1. The minimum absolute atomic E-state index is 0.0628. The molecule has 0 saturated heterocycles. The molecule has 0 aliphatic heterocycles. The summed E-state index contributed by atoms with van der Waals surface area (Å²) < 4.78 is 0.994. The second-order valence-electron chi connectivity index (χ2n) is 6.03. The second kappa shape index (κ2) is 8.10. The van der Waals surface area contributed by atoms with E-state index in [0.29, 0.717) is 12.4 Å². The zero-order valence-electron chi connectivity index (χ0n) is 14.6. The lowest BCUT2D eigenvalue weighted by molar-refractivity contribution is -0.115.